The number of hydrogen-bond donors (Lipinski definition) is 0. The molecule has 0 aliphatic carbocycles. The highest BCUT2D eigenvalue weighted by Crippen LogP contribution is 2.43. The lowest BCUT2D eigenvalue weighted by molar-refractivity contribution is -0.320. The highest BCUT2D eigenvalue weighted by molar-refractivity contribution is 7.99. The summed E-state index contributed by atoms with van der Waals surface area (Å²) < 4.78 is 30.9. The first kappa shape index (κ1) is 25.8. The predicted octanol–water partition coefficient (Wildman–Crippen LogP) is 5.79. The molecule has 0 saturated carbocycles. The van der Waals surface area contributed by atoms with Gasteiger partial charge in [0.1, 0.15) is 17.6 Å². The van der Waals surface area contributed by atoms with Gasteiger partial charge in [-0.05, 0) is 39.7 Å². The van der Waals surface area contributed by atoms with Crippen LogP contribution in [0.5, 0.6) is 0 Å². The van der Waals surface area contributed by atoms with Crippen molar-refractivity contribution < 1.29 is 33.3 Å². The maximum atomic E-state index is 12.3. The van der Waals surface area contributed by atoms with E-state index in [0.29, 0.717) is 0 Å². The van der Waals surface area contributed by atoms with Gasteiger partial charge in [0.05, 0.1) is 6.61 Å². The van der Waals surface area contributed by atoms with E-state index in [-0.39, 0.29) is 6.61 Å². The first-order valence-corrected chi connectivity index (χ1v) is 13.7. The van der Waals surface area contributed by atoms with Crippen molar-refractivity contribution in [2.75, 3.05) is 6.61 Å². The normalized spacial score (nSPS) is 26.6. The molecule has 0 N–H and O–H groups in total. The zero-order chi connectivity index (χ0) is 26.9. The van der Waals surface area contributed by atoms with Crippen LogP contribution in [0.3, 0.4) is 0 Å². The van der Waals surface area contributed by atoms with Crippen LogP contribution in [-0.2, 0) is 33.3 Å². The summed E-state index contributed by atoms with van der Waals surface area (Å²) in [5.41, 5.74) is 0.262. The summed E-state index contributed by atoms with van der Waals surface area (Å²) in [6.45, 7) is 2.88. The smallest absolute Gasteiger partial charge is 0.303 e. The van der Waals surface area contributed by atoms with Gasteiger partial charge in [0, 0.05) is 24.3 Å². The monoisotopic (exact) mass is 544 g/mol. The summed E-state index contributed by atoms with van der Waals surface area (Å²) in [5, 5.41) is 4.15. The SMILES string of the molecule is CC(=O)O[C@H]1[C@H]2OC(c3c4ccccc4cc4ccccc34)OC[C@H]2O[C@@H](Sc2ccccc2)[C@@H]1OC(C)=O. The highest BCUT2D eigenvalue weighted by atomic mass is 32.2. The molecule has 0 aromatic heterocycles. The third-order valence-corrected chi connectivity index (χ3v) is 8.09. The number of rotatable bonds is 5. The molecule has 0 bridgehead atoms. The Balaban J connectivity index is 1.38. The lowest BCUT2D eigenvalue weighted by Crippen LogP contribution is -2.63. The lowest BCUT2D eigenvalue weighted by atomic mass is 9.94. The summed E-state index contributed by atoms with van der Waals surface area (Å²) >= 11 is 1.40. The van der Waals surface area contributed by atoms with Crippen LogP contribution in [-0.4, -0.2) is 48.4 Å². The zero-order valence-electron chi connectivity index (χ0n) is 21.5. The van der Waals surface area contributed by atoms with Gasteiger partial charge >= 0.3 is 11.9 Å². The molecule has 2 heterocycles. The minimum Gasteiger partial charge on any atom is -0.456 e. The van der Waals surface area contributed by atoms with Crippen molar-refractivity contribution >= 4 is 45.2 Å². The highest BCUT2D eigenvalue weighted by Gasteiger charge is 2.53. The standard InChI is InChI=1S/C31H28O7S/c1-18(32)35-28-27-25(37-31(29(28)36-19(2)33)39-22-12-4-3-5-13-22)17-34-30(38-27)26-23-14-8-6-10-20(23)16-21-11-7-9-15-24(21)26/h3-16,25,27-31H,17H2,1-2H3/t25-,27+,28+,29-,30?,31+/m1/s1. The number of benzene rings is 4. The van der Waals surface area contributed by atoms with E-state index in [4.69, 9.17) is 23.7 Å². The topological polar surface area (TPSA) is 80.3 Å². The number of fused-ring (bicyclic) bond motifs is 3. The van der Waals surface area contributed by atoms with Gasteiger partial charge in [-0.15, -0.1) is 0 Å². The molecule has 8 heteroatoms. The molecule has 4 aromatic rings. The second-order valence-electron chi connectivity index (χ2n) is 9.62. The Kier molecular flexibility index (Phi) is 7.27. The van der Waals surface area contributed by atoms with Gasteiger partial charge in [-0.25, -0.2) is 0 Å². The molecular weight excluding hydrogens is 516 g/mol. The molecule has 39 heavy (non-hydrogen) atoms. The van der Waals surface area contributed by atoms with Gasteiger partial charge in [-0.1, -0.05) is 78.5 Å². The van der Waals surface area contributed by atoms with E-state index in [1.807, 2.05) is 66.7 Å². The van der Waals surface area contributed by atoms with Gasteiger partial charge in [0.25, 0.3) is 0 Å². The van der Waals surface area contributed by atoms with E-state index in [9.17, 15) is 9.59 Å². The van der Waals surface area contributed by atoms with Crippen molar-refractivity contribution in [3.63, 3.8) is 0 Å². The quantitative estimate of drug-likeness (QED) is 0.231. The van der Waals surface area contributed by atoms with Gasteiger partial charge in [-0.3, -0.25) is 9.59 Å². The average molecular weight is 545 g/mol. The Morgan fingerprint density at radius 1 is 0.769 bits per heavy atom. The van der Waals surface area contributed by atoms with E-state index in [0.717, 1.165) is 32.0 Å². The molecule has 2 aliphatic rings. The first-order chi connectivity index (χ1) is 19.0. The maximum absolute atomic E-state index is 12.3. The zero-order valence-corrected chi connectivity index (χ0v) is 22.3. The molecule has 6 rings (SSSR count). The average Bonchev–Trinajstić information content (AvgIpc) is 2.93. The van der Waals surface area contributed by atoms with Crippen LogP contribution in [0.4, 0.5) is 0 Å². The number of ether oxygens (including phenoxy) is 5. The van der Waals surface area contributed by atoms with Crippen LogP contribution < -0.4 is 0 Å². The second kappa shape index (κ2) is 11.0. The Labute approximate surface area is 230 Å². The molecule has 4 aromatic carbocycles. The molecule has 2 saturated heterocycles. The largest absolute Gasteiger partial charge is 0.456 e. The second-order valence-corrected chi connectivity index (χ2v) is 10.8. The first-order valence-electron chi connectivity index (χ1n) is 12.9. The van der Waals surface area contributed by atoms with Gasteiger partial charge in [0.2, 0.25) is 0 Å². The molecule has 2 fully saturated rings. The Morgan fingerprint density at radius 2 is 1.36 bits per heavy atom. The molecule has 0 radical (unpaired) electrons. The van der Waals surface area contributed by atoms with Crippen LogP contribution in [0, 0.1) is 0 Å². The molecule has 0 amide bonds. The molecule has 2 aliphatic heterocycles. The van der Waals surface area contributed by atoms with Crippen molar-refractivity contribution in [1.29, 1.82) is 0 Å². The number of hydrogen-bond acceptors (Lipinski definition) is 8. The van der Waals surface area contributed by atoms with E-state index < -0.39 is 48.1 Å². The molecular formula is C31H28O7S. The third kappa shape index (κ3) is 5.25. The van der Waals surface area contributed by atoms with E-state index in [1.54, 1.807) is 0 Å². The summed E-state index contributed by atoms with van der Waals surface area (Å²) in [5.74, 6) is -0.995. The number of thioether (sulfide) groups is 1. The summed E-state index contributed by atoms with van der Waals surface area (Å²) in [6.07, 6.45) is -3.79. The van der Waals surface area contributed by atoms with Crippen molar-refractivity contribution in [1.82, 2.24) is 0 Å². The van der Waals surface area contributed by atoms with Crippen LogP contribution >= 0.6 is 11.8 Å². The van der Waals surface area contributed by atoms with Crippen LogP contribution in [0.15, 0.2) is 89.8 Å². The molecule has 6 atom stereocenters. The van der Waals surface area contributed by atoms with Crippen molar-refractivity contribution in [2.24, 2.45) is 0 Å². The Bertz CT molecular complexity index is 1450. The van der Waals surface area contributed by atoms with E-state index in [2.05, 4.69) is 18.2 Å². The van der Waals surface area contributed by atoms with Crippen molar-refractivity contribution in [2.45, 2.75) is 54.9 Å². The molecule has 0 spiro atoms. The summed E-state index contributed by atoms with van der Waals surface area (Å²) in [7, 11) is 0. The minimum atomic E-state index is -0.890. The third-order valence-electron chi connectivity index (χ3n) is 6.93. The fourth-order valence-electron chi connectivity index (χ4n) is 5.37. The molecule has 7 nitrogen and oxygen atoms in total. The number of carbonyl (C=O) groups excluding carboxylic acids is 2. The van der Waals surface area contributed by atoms with Crippen LogP contribution in [0.2, 0.25) is 0 Å². The summed E-state index contributed by atoms with van der Waals surface area (Å²) in [6, 6.07) is 28.0. The summed E-state index contributed by atoms with van der Waals surface area (Å²) in [4.78, 5) is 25.4. The Hall–Kier alpha value is -3.43. The maximum Gasteiger partial charge on any atom is 0.303 e. The minimum absolute atomic E-state index is 0.212. The van der Waals surface area contributed by atoms with Crippen molar-refractivity contribution in [3.05, 3.63) is 90.5 Å². The number of esters is 2. The molecule has 1 unspecified atom stereocenters. The fraction of sp³-hybridized carbons (Fsp3) is 0.290. The number of carbonyl (C=O) groups is 2. The predicted molar refractivity (Wildman–Crippen MR) is 147 cm³/mol. The van der Waals surface area contributed by atoms with Crippen LogP contribution in [0.1, 0.15) is 25.7 Å². The fourth-order valence-corrected chi connectivity index (χ4v) is 6.49. The van der Waals surface area contributed by atoms with Crippen LogP contribution in [0.25, 0.3) is 21.5 Å². The molecule has 200 valence electrons. The van der Waals surface area contributed by atoms with Gasteiger partial charge < -0.3 is 23.7 Å². The van der Waals surface area contributed by atoms with E-state index >= 15 is 0 Å². The Morgan fingerprint density at radius 3 is 2.00 bits per heavy atom. The van der Waals surface area contributed by atoms with Gasteiger partial charge in [0.15, 0.2) is 18.5 Å². The van der Waals surface area contributed by atoms with Gasteiger partial charge in [-0.2, -0.15) is 0 Å². The van der Waals surface area contributed by atoms with Crippen molar-refractivity contribution in [3.8, 4) is 0 Å². The lowest BCUT2D eigenvalue weighted by Gasteiger charge is -2.48. The van der Waals surface area contributed by atoms with E-state index in [1.165, 1.54) is 25.6 Å².